The zero-order chi connectivity index (χ0) is 21.9. The number of imide groups is 1. The van der Waals surface area contributed by atoms with Crippen LogP contribution in [0.3, 0.4) is 0 Å². The molecule has 2 rings (SSSR count). The predicted molar refractivity (Wildman–Crippen MR) is 109 cm³/mol. The fraction of sp³-hybridized carbons (Fsp3) is 0.524. The lowest BCUT2D eigenvalue weighted by Gasteiger charge is -2.24. The number of hydrogen-bond donors (Lipinski definition) is 2. The summed E-state index contributed by atoms with van der Waals surface area (Å²) >= 11 is 0. The third kappa shape index (κ3) is 5.71. The maximum absolute atomic E-state index is 13.1. The zero-order valence-corrected chi connectivity index (χ0v) is 17.2. The molecule has 1 aliphatic rings. The number of rotatable bonds is 14. The van der Waals surface area contributed by atoms with Crippen LogP contribution in [0.2, 0.25) is 0 Å². The normalized spacial score (nSPS) is 14.0. The van der Waals surface area contributed by atoms with Crippen molar-refractivity contribution in [2.24, 2.45) is 5.73 Å². The predicted octanol–water partition coefficient (Wildman–Crippen LogP) is 0.301. The fourth-order valence-electron chi connectivity index (χ4n) is 3.40. The Balaban J connectivity index is 2.05. The van der Waals surface area contributed by atoms with Crippen molar-refractivity contribution in [3.05, 3.63) is 34.9 Å². The number of ether oxygens (including phenoxy) is 2. The Morgan fingerprint density at radius 3 is 2.57 bits per heavy atom. The summed E-state index contributed by atoms with van der Waals surface area (Å²) in [5.41, 5.74) is 6.69. The van der Waals surface area contributed by atoms with Crippen molar-refractivity contribution in [2.45, 2.75) is 31.7 Å². The van der Waals surface area contributed by atoms with Crippen LogP contribution in [0.5, 0.6) is 0 Å². The first-order valence-corrected chi connectivity index (χ1v) is 10.1. The summed E-state index contributed by atoms with van der Waals surface area (Å²) in [6.45, 7) is 2.39. The average molecular weight is 419 g/mol. The van der Waals surface area contributed by atoms with Gasteiger partial charge < -0.3 is 25.3 Å². The van der Waals surface area contributed by atoms with Crippen LogP contribution in [-0.2, 0) is 25.5 Å². The molecule has 0 aromatic heterocycles. The summed E-state index contributed by atoms with van der Waals surface area (Å²) in [7, 11) is 1.43. The Bertz CT molecular complexity index is 767. The lowest BCUT2D eigenvalue weighted by Crippen LogP contribution is -2.48. The second kappa shape index (κ2) is 12.2. The average Bonchev–Trinajstić information content (AvgIpc) is 3.01. The zero-order valence-electron chi connectivity index (χ0n) is 17.2. The molecule has 164 valence electrons. The number of aryl methyl sites for hydroxylation is 1. The van der Waals surface area contributed by atoms with Crippen LogP contribution in [0.15, 0.2) is 18.2 Å². The number of aldehydes is 1. The molecule has 0 saturated carbocycles. The highest BCUT2D eigenvalue weighted by Gasteiger charge is 2.43. The SMILES string of the molecule is CNC(=O)C(CCC=O)N1C(=O)c2cccc(CCCOCCOCCN)c2C1=O. The molecule has 9 nitrogen and oxygen atoms in total. The Morgan fingerprint density at radius 2 is 1.90 bits per heavy atom. The van der Waals surface area contributed by atoms with Crippen molar-refractivity contribution < 1.29 is 28.7 Å². The van der Waals surface area contributed by atoms with E-state index in [9.17, 15) is 19.2 Å². The number of fused-ring (bicyclic) bond motifs is 1. The smallest absolute Gasteiger partial charge is 0.262 e. The van der Waals surface area contributed by atoms with Crippen LogP contribution >= 0.6 is 0 Å². The number of nitrogens with one attached hydrogen (secondary N) is 1. The van der Waals surface area contributed by atoms with Gasteiger partial charge in [0, 0.05) is 26.6 Å². The maximum Gasteiger partial charge on any atom is 0.262 e. The molecule has 1 atom stereocenters. The molecule has 0 radical (unpaired) electrons. The molecule has 1 aromatic carbocycles. The Hall–Kier alpha value is -2.62. The molecule has 0 spiro atoms. The van der Waals surface area contributed by atoms with E-state index >= 15 is 0 Å². The highest BCUT2D eigenvalue weighted by atomic mass is 16.5. The molecule has 1 aromatic rings. The number of likely N-dealkylation sites (N-methyl/N-ethyl adjacent to an activating group) is 1. The highest BCUT2D eigenvalue weighted by Crippen LogP contribution is 2.29. The standard InChI is InChI=1S/C21H29N3O6/c1-23-19(26)17(8-3-10-25)24-20(27)16-7-2-5-15(18(16)21(24)28)6-4-11-29-13-14-30-12-9-22/h2,5,7,10,17H,3-4,6,8-9,11-14,22H2,1H3,(H,23,26). The Kier molecular flexibility index (Phi) is 9.59. The number of carbonyl (C=O) groups is 4. The summed E-state index contributed by atoms with van der Waals surface area (Å²) in [6.07, 6.45) is 2.05. The van der Waals surface area contributed by atoms with Crippen LogP contribution in [0.1, 0.15) is 45.5 Å². The molecular formula is C21H29N3O6. The number of benzene rings is 1. The van der Waals surface area contributed by atoms with E-state index in [-0.39, 0.29) is 18.4 Å². The minimum Gasteiger partial charge on any atom is -0.379 e. The van der Waals surface area contributed by atoms with Gasteiger partial charge in [-0.05, 0) is 30.9 Å². The van der Waals surface area contributed by atoms with Crippen molar-refractivity contribution >= 4 is 24.0 Å². The van der Waals surface area contributed by atoms with Gasteiger partial charge in [0.25, 0.3) is 11.8 Å². The van der Waals surface area contributed by atoms with Crippen molar-refractivity contribution in [1.29, 1.82) is 0 Å². The number of hydrogen-bond acceptors (Lipinski definition) is 7. The van der Waals surface area contributed by atoms with Crippen LogP contribution < -0.4 is 11.1 Å². The van der Waals surface area contributed by atoms with Crippen molar-refractivity contribution in [3.63, 3.8) is 0 Å². The summed E-state index contributed by atoms with van der Waals surface area (Å²) in [5, 5.41) is 2.47. The molecule has 3 amide bonds. The quantitative estimate of drug-likeness (QED) is 0.252. The molecule has 30 heavy (non-hydrogen) atoms. The summed E-state index contributed by atoms with van der Waals surface area (Å²) < 4.78 is 10.7. The number of amides is 3. The second-order valence-corrected chi connectivity index (χ2v) is 6.81. The molecule has 1 aliphatic heterocycles. The van der Waals surface area contributed by atoms with E-state index < -0.39 is 23.8 Å². The maximum atomic E-state index is 13.1. The summed E-state index contributed by atoms with van der Waals surface area (Å²) in [5.74, 6) is -1.48. The fourth-order valence-corrected chi connectivity index (χ4v) is 3.40. The molecule has 1 unspecified atom stereocenters. The minimum atomic E-state index is -1.02. The molecule has 9 heteroatoms. The number of carbonyl (C=O) groups excluding carboxylic acids is 4. The minimum absolute atomic E-state index is 0.0741. The van der Waals surface area contributed by atoms with Gasteiger partial charge in [-0.25, -0.2) is 0 Å². The molecule has 0 aliphatic carbocycles. The van der Waals surface area contributed by atoms with Gasteiger partial charge >= 0.3 is 0 Å². The van der Waals surface area contributed by atoms with E-state index in [1.807, 2.05) is 0 Å². The van der Waals surface area contributed by atoms with E-state index in [4.69, 9.17) is 15.2 Å². The number of nitrogens with two attached hydrogens (primary N) is 1. The van der Waals surface area contributed by atoms with Crippen LogP contribution in [0.25, 0.3) is 0 Å². The van der Waals surface area contributed by atoms with E-state index in [1.165, 1.54) is 7.05 Å². The largest absolute Gasteiger partial charge is 0.379 e. The van der Waals surface area contributed by atoms with E-state index in [0.29, 0.717) is 57.7 Å². The van der Waals surface area contributed by atoms with Gasteiger partial charge in [0.15, 0.2) is 0 Å². The molecule has 3 N–H and O–H groups in total. The summed E-state index contributed by atoms with van der Waals surface area (Å²) in [4.78, 5) is 50.0. The first kappa shape index (κ1) is 23.7. The van der Waals surface area contributed by atoms with Crippen molar-refractivity contribution in [2.75, 3.05) is 40.0 Å². The monoisotopic (exact) mass is 419 g/mol. The van der Waals surface area contributed by atoms with Gasteiger partial charge in [0.1, 0.15) is 12.3 Å². The van der Waals surface area contributed by atoms with Crippen LogP contribution in [0.4, 0.5) is 0 Å². The molecule has 0 bridgehead atoms. The lowest BCUT2D eigenvalue weighted by atomic mass is 9.99. The van der Waals surface area contributed by atoms with E-state index in [2.05, 4.69) is 5.32 Å². The third-order valence-electron chi connectivity index (χ3n) is 4.82. The van der Waals surface area contributed by atoms with Gasteiger partial charge in [-0.3, -0.25) is 19.3 Å². The van der Waals surface area contributed by atoms with Gasteiger partial charge in [-0.1, -0.05) is 12.1 Å². The Labute approximate surface area is 175 Å². The Morgan fingerprint density at radius 1 is 1.17 bits per heavy atom. The molecule has 1 heterocycles. The van der Waals surface area contributed by atoms with Crippen molar-refractivity contribution in [1.82, 2.24) is 10.2 Å². The van der Waals surface area contributed by atoms with Gasteiger partial charge in [-0.15, -0.1) is 0 Å². The van der Waals surface area contributed by atoms with Crippen LogP contribution in [-0.4, -0.2) is 75.0 Å². The van der Waals surface area contributed by atoms with E-state index in [0.717, 1.165) is 10.5 Å². The van der Waals surface area contributed by atoms with Gasteiger partial charge in [0.05, 0.1) is 30.9 Å². The van der Waals surface area contributed by atoms with Gasteiger partial charge in [0.2, 0.25) is 5.91 Å². The second-order valence-electron chi connectivity index (χ2n) is 6.81. The van der Waals surface area contributed by atoms with Gasteiger partial charge in [-0.2, -0.15) is 0 Å². The highest BCUT2D eigenvalue weighted by molar-refractivity contribution is 6.23. The molecule has 0 fully saturated rings. The van der Waals surface area contributed by atoms with Crippen LogP contribution in [0, 0.1) is 0 Å². The van der Waals surface area contributed by atoms with E-state index in [1.54, 1.807) is 18.2 Å². The molecule has 0 saturated heterocycles. The van der Waals surface area contributed by atoms with Crippen molar-refractivity contribution in [3.8, 4) is 0 Å². The molecular weight excluding hydrogens is 390 g/mol. The summed E-state index contributed by atoms with van der Waals surface area (Å²) in [6, 6.07) is 4.10. The third-order valence-corrected chi connectivity index (χ3v) is 4.82. The first-order chi connectivity index (χ1) is 14.6. The number of nitrogens with zero attached hydrogens (tertiary/aromatic N) is 1. The first-order valence-electron chi connectivity index (χ1n) is 10.1. The topological polar surface area (TPSA) is 128 Å². The lowest BCUT2D eigenvalue weighted by molar-refractivity contribution is -0.124.